The largest absolute Gasteiger partial charge is 0.391 e. The van der Waals surface area contributed by atoms with E-state index >= 15 is 0 Å². The van der Waals surface area contributed by atoms with Gasteiger partial charge in [-0.1, -0.05) is 12.8 Å². The highest BCUT2D eigenvalue weighted by Crippen LogP contribution is 2.20. The molecule has 18 heavy (non-hydrogen) atoms. The molecule has 102 valence electrons. The second-order valence-corrected chi connectivity index (χ2v) is 6.28. The van der Waals surface area contributed by atoms with Crippen molar-refractivity contribution < 1.29 is 13.5 Å². The fraction of sp³-hybridized carbons (Fsp3) is 0.727. The Kier molecular flexibility index (Phi) is 4.04. The van der Waals surface area contributed by atoms with E-state index in [0.29, 0.717) is 19.4 Å². The maximum absolute atomic E-state index is 12.1. The molecule has 0 amide bonds. The molecule has 2 atom stereocenters. The van der Waals surface area contributed by atoms with Crippen molar-refractivity contribution >= 4 is 10.0 Å². The zero-order valence-corrected chi connectivity index (χ0v) is 11.2. The van der Waals surface area contributed by atoms with E-state index in [9.17, 15) is 13.5 Å². The molecule has 7 heteroatoms. The lowest BCUT2D eigenvalue weighted by atomic mass is 9.93. The van der Waals surface area contributed by atoms with Crippen LogP contribution >= 0.6 is 0 Å². The number of aromatic nitrogens is 2. The molecule has 0 bridgehead atoms. The van der Waals surface area contributed by atoms with Crippen molar-refractivity contribution in [1.82, 2.24) is 14.3 Å². The maximum atomic E-state index is 12.1. The highest BCUT2D eigenvalue weighted by atomic mass is 32.2. The van der Waals surface area contributed by atoms with Gasteiger partial charge in [0, 0.05) is 18.8 Å². The molecular formula is C11H19N3O3S. The summed E-state index contributed by atoms with van der Waals surface area (Å²) in [6.07, 6.45) is 5.61. The molecule has 0 spiro atoms. The highest BCUT2D eigenvalue weighted by molar-refractivity contribution is 7.89. The Hall–Kier alpha value is -0.920. The summed E-state index contributed by atoms with van der Waals surface area (Å²) in [5, 5.41) is 9.79. The lowest BCUT2D eigenvalue weighted by Crippen LogP contribution is -2.45. The fourth-order valence-electron chi connectivity index (χ4n) is 2.16. The molecule has 1 aromatic heterocycles. The van der Waals surface area contributed by atoms with Crippen molar-refractivity contribution in [1.29, 1.82) is 0 Å². The molecule has 6 nitrogen and oxygen atoms in total. The average Bonchev–Trinajstić information content (AvgIpc) is 2.81. The topological polar surface area (TPSA) is 84.2 Å². The van der Waals surface area contributed by atoms with Crippen molar-refractivity contribution in [2.45, 2.75) is 56.3 Å². The Morgan fingerprint density at radius 3 is 2.83 bits per heavy atom. The summed E-state index contributed by atoms with van der Waals surface area (Å²) in [6, 6.07) is -0.393. The van der Waals surface area contributed by atoms with Crippen LogP contribution in [-0.4, -0.2) is 35.2 Å². The van der Waals surface area contributed by atoms with E-state index in [1.807, 2.05) is 6.92 Å². The summed E-state index contributed by atoms with van der Waals surface area (Å²) in [5.74, 6) is 0. The summed E-state index contributed by atoms with van der Waals surface area (Å²) in [7, 11) is -3.62. The number of aryl methyl sites for hydroxylation is 1. The SMILES string of the molecule is CCn1cnc(S(=O)(=O)N[C@H]2CCCC[C@@H]2O)c1. The molecule has 1 aliphatic rings. The van der Waals surface area contributed by atoms with Crippen molar-refractivity contribution in [2.75, 3.05) is 0 Å². The third-order valence-corrected chi connectivity index (χ3v) is 4.66. The van der Waals surface area contributed by atoms with Crippen LogP contribution in [0.2, 0.25) is 0 Å². The summed E-state index contributed by atoms with van der Waals surface area (Å²) in [4.78, 5) is 3.88. The fourth-order valence-corrected chi connectivity index (χ4v) is 3.41. The second kappa shape index (κ2) is 5.38. The number of nitrogens with one attached hydrogen (secondary N) is 1. The first-order chi connectivity index (χ1) is 8.53. The molecule has 1 aliphatic carbocycles. The van der Waals surface area contributed by atoms with Crippen LogP contribution < -0.4 is 4.72 Å². The van der Waals surface area contributed by atoms with Gasteiger partial charge in [-0.2, -0.15) is 0 Å². The van der Waals surface area contributed by atoms with Gasteiger partial charge in [-0.05, 0) is 19.8 Å². The van der Waals surface area contributed by atoms with Crippen LogP contribution in [0.25, 0.3) is 0 Å². The number of sulfonamides is 1. The van der Waals surface area contributed by atoms with Gasteiger partial charge in [0.15, 0.2) is 5.03 Å². The minimum atomic E-state index is -3.62. The minimum absolute atomic E-state index is 0.0159. The van der Waals surface area contributed by atoms with Gasteiger partial charge in [0.25, 0.3) is 10.0 Å². The van der Waals surface area contributed by atoms with Gasteiger partial charge >= 0.3 is 0 Å². The first-order valence-electron chi connectivity index (χ1n) is 6.25. The van der Waals surface area contributed by atoms with Crippen LogP contribution in [0.5, 0.6) is 0 Å². The molecular weight excluding hydrogens is 254 g/mol. The normalized spacial score (nSPS) is 25.2. The lowest BCUT2D eigenvalue weighted by Gasteiger charge is -2.27. The number of aliphatic hydroxyl groups is 1. The third kappa shape index (κ3) is 2.90. The molecule has 1 saturated carbocycles. The van der Waals surface area contributed by atoms with Gasteiger partial charge in [0.2, 0.25) is 0 Å². The van der Waals surface area contributed by atoms with Gasteiger partial charge in [-0.15, -0.1) is 0 Å². The number of aliphatic hydroxyl groups excluding tert-OH is 1. The number of hydrogen-bond donors (Lipinski definition) is 2. The standard InChI is InChI=1S/C11H19N3O3S/c1-2-14-7-11(12-8-14)18(16,17)13-9-5-3-4-6-10(9)15/h7-10,13,15H,2-6H2,1H3/t9-,10-/m0/s1. The minimum Gasteiger partial charge on any atom is -0.391 e. The highest BCUT2D eigenvalue weighted by Gasteiger charge is 2.29. The van der Waals surface area contributed by atoms with E-state index < -0.39 is 22.2 Å². The van der Waals surface area contributed by atoms with E-state index in [4.69, 9.17) is 0 Å². The summed E-state index contributed by atoms with van der Waals surface area (Å²) in [6.45, 7) is 2.59. The molecule has 1 heterocycles. The maximum Gasteiger partial charge on any atom is 0.259 e. The second-order valence-electron chi connectivity index (χ2n) is 4.62. The predicted molar refractivity (Wildman–Crippen MR) is 66.5 cm³/mol. The number of rotatable bonds is 4. The van der Waals surface area contributed by atoms with Crippen molar-refractivity contribution in [3.63, 3.8) is 0 Å². The molecule has 2 N–H and O–H groups in total. The molecule has 0 unspecified atom stereocenters. The van der Waals surface area contributed by atoms with Crippen LogP contribution in [0.15, 0.2) is 17.6 Å². The Balaban J connectivity index is 2.11. The Bertz CT molecular complexity index is 497. The van der Waals surface area contributed by atoms with Gasteiger partial charge in [0.1, 0.15) is 0 Å². The number of nitrogens with zero attached hydrogens (tertiary/aromatic N) is 2. The summed E-state index contributed by atoms with van der Waals surface area (Å²) >= 11 is 0. The predicted octanol–water partition coefficient (Wildman–Crippen LogP) is 0.485. The quantitative estimate of drug-likeness (QED) is 0.836. The molecule has 1 aromatic rings. The summed E-state index contributed by atoms with van der Waals surface area (Å²) in [5.41, 5.74) is 0. The van der Waals surface area contributed by atoms with Gasteiger partial charge in [-0.3, -0.25) is 0 Å². The lowest BCUT2D eigenvalue weighted by molar-refractivity contribution is 0.101. The smallest absolute Gasteiger partial charge is 0.259 e. The molecule has 0 aliphatic heterocycles. The van der Waals surface area contributed by atoms with Crippen molar-refractivity contribution in [3.8, 4) is 0 Å². The van der Waals surface area contributed by atoms with Crippen LogP contribution in [-0.2, 0) is 16.6 Å². The molecule has 2 rings (SSSR count). The van der Waals surface area contributed by atoms with E-state index in [-0.39, 0.29) is 5.03 Å². The molecule has 1 fully saturated rings. The van der Waals surface area contributed by atoms with E-state index in [1.165, 1.54) is 12.5 Å². The van der Waals surface area contributed by atoms with Gasteiger partial charge in [-0.25, -0.2) is 18.1 Å². The van der Waals surface area contributed by atoms with Crippen molar-refractivity contribution in [2.24, 2.45) is 0 Å². The monoisotopic (exact) mass is 273 g/mol. The Morgan fingerprint density at radius 1 is 1.50 bits per heavy atom. The third-order valence-electron chi connectivity index (χ3n) is 3.29. The molecule has 0 aromatic carbocycles. The Morgan fingerprint density at radius 2 is 2.22 bits per heavy atom. The van der Waals surface area contributed by atoms with E-state index in [1.54, 1.807) is 4.57 Å². The number of hydrogen-bond acceptors (Lipinski definition) is 4. The van der Waals surface area contributed by atoms with E-state index in [2.05, 4.69) is 9.71 Å². The zero-order chi connectivity index (χ0) is 13.2. The van der Waals surface area contributed by atoms with Crippen LogP contribution in [0.1, 0.15) is 32.6 Å². The van der Waals surface area contributed by atoms with Crippen LogP contribution in [0.4, 0.5) is 0 Å². The van der Waals surface area contributed by atoms with Gasteiger partial charge < -0.3 is 9.67 Å². The number of imidazole rings is 1. The molecule has 0 saturated heterocycles. The zero-order valence-electron chi connectivity index (χ0n) is 10.4. The first-order valence-corrected chi connectivity index (χ1v) is 7.73. The van der Waals surface area contributed by atoms with Crippen LogP contribution in [0.3, 0.4) is 0 Å². The van der Waals surface area contributed by atoms with Gasteiger partial charge in [0.05, 0.1) is 12.4 Å². The average molecular weight is 273 g/mol. The first kappa shape index (κ1) is 13.5. The molecule has 0 radical (unpaired) electrons. The van der Waals surface area contributed by atoms with E-state index in [0.717, 1.165) is 12.8 Å². The van der Waals surface area contributed by atoms with Crippen LogP contribution in [0, 0.1) is 0 Å². The summed E-state index contributed by atoms with van der Waals surface area (Å²) < 4.78 is 28.4. The van der Waals surface area contributed by atoms with Crippen molar-refractivity contribution in [3.05, 3.63) is 12.5 Å². The Labute approximate surface area is 107 Å².